The van der Waals surface area contributed by atoms with Crippen molar-refractivity contribution in [1.29, 1.82) is 0 Å². The van der Waals surface area contributed by atoms with Crippen molar-refractivity contribution in [2.24, 2.45) is 5.92 Å². The molecule has 0 saturated carbocycles. The van der Waals surface area contributed by atoms with E-state index in [-0.39, 0.29) is 0 Å². The lowest BCUT2D eigenvalue weighted by Gasteiger charge is -2.14. The molecule has 15 heavy (non-hydrogen) atoms. The lowest BCUT2D eigenvalue weighted by molar-refractivity contribution is 0.529. The van der Waals surface area contributed by atoms with Gasteiger partial charge in [0, 0.05) is 17.1 Å². The maximum Gasteiger partial charge on any atom is 0.0624 e. The summed E-state index contributed by atoms with van der Waals surface area (Å²) in [7, 11) is 0. The van der Waals surface area contributed by atoms with Crippen molar-refractivity contribution in [3.8, 4) is 0 Å². The SMILES string of the molecule is CCc1cc(CC(C)C(C)Br)n(CC)n1. The Morgan fingerprint density at radius 2 is 2.07 bits per heavy atom. The van der Waals surface area contributed by atoms with Crippen molar-refractivity contribution in [3.05, 3.63) is 17.5 Å². The topological polar surface area (TPSA) is 17.8 Å². The Labute approximate surface area is 101 Å². The zero-order chi connectivity index (χ0) is 11.4. The molecule has 0 amide bonds. The molecule has 2 unspecified atom stereocenters. The van der Waals surface area contributed by atoms with Gasteiger partial charge in [-0.1, -0.05) is 36.7 Å². The molecule has 1 aromatic heterocycles. The van der Waals surface area contributed by atoms with Crippen LogP contribution in [0.5, 0.6) is 0 Å². The first-order valence-electron chi connectivity index (χ1n) is 5.78. The molecule has 1 rings (SSSR count). The molecule has 2 nitrogen and oxygen atoms in total. The van der Waals surface area contributed by atoms with E-state index in [2.05, 4.69) is 59.5 Å². The minimum Gasteiger partial charge on any atom is -0.270 e. The Kier molecular flexibility index (Phi) is 4.84. The molecule has 86 valence electrons. The summed E-state index contributed by atoms with van der Waals surface area (Å²) in [6, 6.07) is 2.25. The van der Waals surface area contributed by atoms with Gasteiger partial charge in [0.1, 0.15) is 0 Å². The highest BCUT2D eigenvalue weighted by molar-refractivity contribution is 9.09. The first-order chi connectivity index (χ1) is 7.08. The number of alkyl halides is 1. The molecular formula is C12H21BrN2. The molecule has 3 heteroatoms. The van der Waals surface area contributed by atoms with Crippen LogP contribution in [0.4, 0.5) is 0 Å². The van der Waals surface area contributed by atoms with Crippen LogP contribution in [0.3, 0.4) is 0 Å². The Hall–Kier alpha value is -0.310. The maximum absolute atomic E-state index is 4.56. The summed E-state index contributed by atoms with van der Waals surface area (Å²) >= 11 is 3.64. The number of aryl methyl sites for hydroxylation is 2. The van der Waals surface area contributed by atoms with Crippen molar-refractivity contribution >= 4 is 15.9 Å². The third-order valence-corrected chi connectivity index (χ3v) is 3.79. The van der Waals surface area contributed by atoms with E-state index >= 15 is 0 Å². The second kappa shape index (κ2) is 5.69. The monoisotopic (exact) mass is 272 g/mol. The van der Waals surface area contributed by atoms with Gasteiger partial charge in [-0.2, -0.15) is 5.10 Å². The number of nitrogens with zero attached hydrogens (tertiary/aromatic N) is 2. The maximum atomic E-state index is 4.56. The van der Waals surface area contributed by atoms with Gasteiger partial charge in [0.25, 0.3) is 0 Å². The van der Waals surface area contributed by atoms with Crippen molar-refractivity contribution in [2.45, 2.75) is 51.9 Å². The van der Waals surface area contributed by atoms with Gasteiger partial charge in [-0.25, -0.2) is 0 Å². The van der Waals surface area contributed by atoms with Crippen LogP contribution >= 0.6 is 15.9 Å². The fraction of sp³-hybridized carbons (Fsp3) is 0.750. The molecular weight excluding hydrogens is 252 g/mol. The van der Waals surface area contributed by atoms with Gasteiger partial charge in [-0.15, -0.1) is 0 Å². The zero-order valence-corrected chi connectivity index (χ0v) is 11.7. The largest absolute Gasteiger partial charge is 0.270 e. The lowest BCUT2D eigenvalue weighted by atomic mass is 10.0. The van der Waals surface area contributed by atoms with Crippen LogP contribution < -0.4 is 0 Å². The van der Waals surface area contributed by atoms with E-state index in [1.807, 2.05) is 0 Å². The van der Waals surface area contributed by atoms with E-state index < -0.39 is 0 Å². The van der Waals surface area contributed by atoms with E-state index in [1.165, 1.54) is 11.4 Å². The Bertz CT molecular complexity index is 305. The summed E-state index contributed by atoms with van der Waals surface area (Å²) in [5, 5.41) is 4.56. The number of hydrogen-bond acceptors (Lipinski definition) is 1. The molecule has 0 aliphatic carbocycles. The molecule has 1 heterocycles. The first kappa shape index (κ1) is 12.8. The first-order valence-corrected chi connectivity index (χ1v) is 6.69. The van der Waals surface area contributed by atoms with Crippen LogP contribution in [0.1, 0.15) is 39.1 Å². The summed E-state index contributed by atoms with van der Waals surface area (Å²) in [4.78, 5) is 0.558. The number of hydrogen-bond donors (Lipinski definition) is 0. The lowest BCUT2D eigenvalue weighted by Crippen LogP contribution is -2.13. The summed E-state index contributed by atoms with van der Waals surface area (Å²) in [5.41, 5.74) is 2.58. The Morgan fingerprint density at radius 3 is 2.53 bits per heavy atom. The van der Waals surface area contributed by atoms with Gasteiger partial charge in [0.05, 0.1) is 5.69 Å². The van der Waals surface area contributed by atoms with Crippen LogP contribution in [-0.2, 0) is 19.4 Å². The van der Waals surface area contributed by atoms with Crippen molar-refractivity contribution < 1.29 is 0 Å². The van der Waals surface area contributed by atoms with E-state index in [0.29, 0.717) is 10.7 Å². The molecule has 1 aromatic rings. The molecule has 0 aromatic carbocycles. The molecule has 0 spiro atoms. The van der Waals surface area contributed by atoms with Gasteiger partial charge in [-0.05, 0) is 31.7 Å². The molecule has 0 saturated heterocycles. The molecule has 0 bridgehead atoms. The molecule has 2 atom stereocenters. The molecule has 0 fully saturated rings. The standard InChI is InChI=1S/C12H21BrN2/c1-5-11-8-12(15(6-2)14-11)7-9(3)10(4)13/h8-10H,5-7H2,1-4H3. The normalized spacial score (nSPS) is 15.3. The third kappa shape index (κ3) is 3.33. The van der Waals surface area contributed by atoms with Gasteiger partial charge >= 0.3 is 0 Å². The molecule has 0 N–H and O–H groups in total. The van der Waals surface area contributed by atoms with Crippen LogP contribution in [-0.4, -0.2) is 14.6 Å². The van der Waals surface area contributed by atoms with Crippen LogP contribution in [0.15, 0.2) is 6.07 Å². The predicted molar refractivity (Wildman–Crippen MR) is 68.5 cm³/mol. The summed E-state index contributed by atoms with van der Waals surface area (Å²) in [5.74, 6) is 0.650. The van der Waals surface area contributed by atoms with Crippen LogP contribution in [0, 0.1) is 5.92 Å². The summed E-state index contributed by atoms with van der Waals surface area (Å²) < 4.78 is 2.13. The minimum atomic E-state index is 0.558. The fourth-order valence-corrected chi connectivity index (χ4v) is 1.81. The van der Waals surface area contributed by atoms with E-state index in [9.17, 15) is 0 Å². The second-order valence-corrected chi connectivity index (χ2v) is 5.60. The second-order valence-electron chi connectivity index (χ2n) is 4.16. The Morgan fingerprint density at radius 1 is 1.40 bits per heavy atom. The molecule has 0 aliphatic rings. The Balaban J connectivity index is 2.78. The quantitative estimate of drug-likeness (QED) is 0.751. The van der Waals surface area contributed by atoms with E-state index in [4.69, 9.17) is 0 Å². The minimum absolute atomic E-state index is 0.558. The van der Waals surface area contributed by atoms with Gasteiger partial charge < -0.3 is 0 Å². The number of aromatic nitrogens is 2. The predicted octanol–water partition coefficient (Wildman–Crippen LogP) is 3.43. The van der Waals surface area contributed by atoms with Crippen molar-refractivity contribution in [2.75, 3.05) is 0 Å². The van der Waals surface area contributed by atoms with E-state index in [1.54, 1.807) is 0 Å². The molecule has 0 aliphatic heterocycles. The molecule has 0 radical (unpaired) electrons. The summed E-state index contributed by atoms with van der Waals surface area (Å²) in [6.07, 6.45) is 2.13. The highest BCUT2D eigenvalue weighted by atomic mass is 79.9. The van der Waals surface area contributed by atoms with E-state index in [0.717, 1.165) is 19.4 Å². The highest BCUT2D eigenvalue weighted by Crippen LogP contribution is 2.18. The van der Waals surface area contributed by atoms with Crippen LogP contribution in [0.2, 0.25) is 0 Å². The summed E-state index contributed by atoms with van der Waals surface area (Å²) in [6.45, 7) is 9.76. The third-order valence-electron chi connectivity index (χ3n) is 2.89. The fourth-order valence-electron chi connectivity index (χ4n) is 1.62. The van der Waals surface area contributed by atoms with Crippen LogP contribution in [0.25, 0.3) is 0 Å². The highest BCUT2D eigenvalue weighted by Gasteiger charge is 2.13. The van der Waals surface area contributed by atoms with Gasteiger partial charge in [-0.3, -0.25) is 4.68 Å². The van der Waals surface area contributed by atoms with Gasteiger partial charge in [0.15, 0.2) is 0 Å². The number of halogens is 1. The smallest absolute Gasteiger partial charge is 0.0624 e. The average Bonchev–Trinajstić information content (AvgIpc) is 2.60. The number of rotatable bonds is 5. The zero-order valence-electron chi connectivity index (χ0n) is 10.1. The van der Waals surface area contributed by atoms with Crippen molar-refractivity contribution in [1.82, 2.24) is 9.78 Å². The van der Waals surface area contributed by atoms with Gasteiger partial charge in [0.2, 0.25) is 0 Å². The average molecular weight is 273 g/mol. The van der Waals surface area contributed by atoms with Crippen molar-refractivity contribution in [3.63, 3.8) is 0 Å².